The van der Waals surface area contributed by atoms with E-state index in [0.717, 1.165) is 32.7 Å². The average molecular weight is 518 g/mol. The van der Waals surface area contributed by atoms with E-state index in [-0.39, 0.29) is 27.5 Å². The van der Waals surface area contributed by atoms with Crippen LogP contribution in [-0.4, -0.2) is 0 Å². The smallest absolute Gasteiger partial charge is 0.0616 e. The summed E-state index contributed by atoms with van der Waals surface area (Å²) in [6.07, 6.45) is 0. The van der Waals surface area contributed by atoms with Gasteiger partial charge in [-0.25, -0.2) is 0 Å². The second-order valence-electron chi connectivity index (χ2n) is 9.62. The van der Waals surface area contributed by atoms with Gasteiger partial charge < -0.3 is 0 Å². The molecule has 0 radical (unpaired) electrons. The van der Waals surface area contributed by atoms with Gasteiger partial charge in [0.1, 0.15) is 0 Å². The second kappa shape index (κ2) is 9.22. The Morgan fingerprint density at radius 2 is 0.800 bits per heavy atom. The fraction of sp³-hybridized carbons (Fsp3) is 0. The molecule has 186 valence electrons. The van der Waals surface area contributed by atoms with Gasteiger partial charge in [0.2, 0.25) is 0 Å². The molecule has 0 heterocycles. The first-order valence-corrected chi connectivity index (χ1v) is 13.0. The van der Waals surface area contributed by atoms with Crippen molar-refractivity contribution >= 4 is 43.1 Å². The Hall–Kier alpha value is -5.20. The number of rotatable bonds is 3. The molecule has 0 saturated carbocycles. The van der Waals surface area contributed by atoms with Gasteiger partial charge in [-0.15, -0.1) is 0 Å². The molecule has 0 bridgehead atoms. The van der Waals surface area contributed by atoms with E-state index in [4.69, 9.17) is 12.3 Å². The second-order valence-corrected chi connectivity index (χ2v) is 9.62. The van der Waals surface area contributed by atoms with Gasteiger partial charge in [-0.3, -0.25) is 0 Å². The normalized spacial score (nSPS) is 15.3. The zero-order valence-corrected chi connectivity index (χ0v) is 21.2. The highest BCUT2D eigenvalue weighted by molar-refractivity contribution is 6.24. The van der Waals surface area contributed by atoms with Crippen molar-refractivity contribution in [3.8, 4) is 33.4 Å². The largest absolute Gasteiger partial charge is 0.0629 e. The van der Waals surface area contributed by atoms with Crippen LogP contribution in [-0.2, 0) is 0 Å². The fourth-order valence-corrected chi connectivity index (χ4v) is 5.82. The molecule has 0 spiro atoms. The SMILES string of the molecule is [2H]c1c([2H])c([2H])c(-c2c([2H])c([2H])c([2H])c3c([2H])c([2H])c([2H])c([2H])c23)c(-c2c3ccccc3c(-c3cccc4ccccc34)c3ccccc23)c1[2H]. The van der Waals surface area contributed by atoms with Crippen molar-refractivity contribution in [2.75, 3.05) is 0 Å². The molecule has 0 aliphatic carbocycles. The van der Waals surface area contributed by atoms with Crippen LogP contribution in [0.2, 0.25) is 0 Å². The Balaban J connectivity index is 1.64. The average Bonchev–Trinajstić information content (AvgIpc) is 3.15. The number of hydrogen-bond acceptors (Lipinski definition) is 0. The van der Waals surface area contributed by atoms with Gasteiger partial charge in [0.15, 0.2) is 0 Å². The Labute approximate surface area is 249 Å². The molecule has 40 heavy (non-hydrogen) atoms. The highest BCUT2D eigenvalue weighted by atomic mass is 14.2. The molecule has 0 saturated heterocycles. The molecular weight excluding hydrogens is 480 g/mol. The van der Waals surface area contributed by atoms with Gasteiger partial charge in [-0.05, 0) is 76.5 Å². The summed E-state index contributed by atoms with van der Waals surface area (Å²) >= 11 is 0. The molecule has 0 nitrogen and oxygen atoms in total. The van der Waals surface area contributed by atoms with E-state index in [1.165, 1.54) is 0 Å². The first kappa shape index (κ1) is 14.3. The van der Waals surface area contributed by atoms with Crippen LogP contribution in [0.15, 0.2) is 157 Å². The molecule has 0 aliphatic heterocycles. The molecule has 0 aliphatic rings. The Kier molecular flexibility index (Phi) is 3.29. The van der Waals surface area contributed by atoms with Crippen molar-refractivity contribution < 1.29 is 15.1 Å². The van der Waals surface area contributed by atoms with Gasteiger partial charge in [0, 0.05) is 0 Å². The Morgan fingerprint density at radius 3 is 1.52 bits per heavy atom. The van der Waals surface area contributed by atoms with E-state index in [2.05, 4.69) is 12.1 Å². The lowest BCUT2D eigenvalue weighted by Gasteiger charge is -2.20. The minimum atomic E-state index is -0.623. The predicted molar refractivity (Wildman–Crippen MR) is 173 cm³/mol. The first-order chi connectivity index (χ1) is 24.5. The van der Waals surface area contributed by atoms with E-state index in [1.807, 2.05) is 78.9 Å². The van der Waals surface area contributed by atoms with Crippen molar-refractivity contribution in [2.24, 2.45) is 0 Å². The monoisotopic (exact) mass is 517 g/mol. The van der Waals surface area contributed by atoms with Crippen LogP contribution in [0.3, 0.4) is 0 Å². The third kappa shape index (κ3) is 3.47. The first-order valence-electron chi connectivity index (χ1n) is 18.5. The van der Waals surface area contributed by atoms with Gasteiger partial charge in [0.05, 0.1) is 15.1 Å². The summed E-state index contributed by atoms with van der Waals surface area (Å²) in [6.45, 7) is 0. The summed E-state index contributed by atoms with van der Waals surface area (Å²) in [4.78, 5) is 0. The van der Waals surface area contributed by atoms with Crippen molar-refractivity contribution in [3.63, 3.8) is 0 Å². The number of hydrogen-bond donors (Lipinski definition) is 0. The molecule has 0 heteroatoms. The maximum atomic E-state index is 9.40. The minimum absolute atomic E-state index is 0.0252. The zero-order chi connectivity index (χ0) is 36.0. The van der Waals surface area contributed by atoms with Crippen LogP contribution in [0.1, 0.15) is 15.1 Å². The Bertz CT molecular complexity index is 2750. The molecule has 8 rings (SSSR count). The molecule has 0 atom stereocenters. The van der Waals surface area contributed by atoms with Crippen LogP contribution in [0, 0.1) is 0 Å². The molecule has 0 amide bonds. The van der Waals surface area contributed by atoms with Crippen molar-refractivity contribution in [1.29, 1.82) is 0 Å². The lowest BCUT2D eigenvalue weighted by molar-refractivity contribution is 1.63. The van der Waals surface area contributed by atoms with Gasteiger partial charge >= 0.3 is 0 Å². The third-order valence-electron chi connectivity index (χ3n) is 7.49. The van der Waals surface area contributed by atoms with Crippen LogP contribution in [0.25, 0.3) is 76.5 Å². The third-order valence-corrected chi connectivity index (χ3v) is 7.49. The summed E-state index contributed by atoms with van der Waals surface area (Å²) in [6, 6.07) is 23.2. The molecule has 8 aromatic carbocycles. The van der Waals surface area contributed by atoms with E-state index in [1.54, 1.807) is 0 Å². The lowest BCUT2D eigenvalue weighted by Crippen LogP contribution is -1.93. The molecular formula is C40H26. The maximum absolute atomic E-state index is 9.40. The molecule has 0 unspecified atom stereocenters. The van der Waals surface area contributed by atoms with Crippen molar-refractivity contribution in [1.82, 2.24) is 0 Å². The highest BCUT2D eigenvalue weighted by Gasteiger charge is 2.20. The number of benzene rings is 8. The van der Waals surface area contributed by atoms with Gasteiger partial charge in [-0.2, -0.15) is 0 Å². The standard InChI is InChI=1S/C40H26/c1-3-17-29-27(13-1)15-11-25-31(29)32-19-5-6-20-34(32)40-37-23-9-7-21-35(37)39(36-22-8-10-24-38(36)40)33-26-12-16-28-14-2-4-18-30(28)33/h1-26H/i1D,3D,5D,6D,11D,13D,15D,17D,19D,20D,25D. The van der Waals surface area contributed by atoms with Crippen LogP contribution >= 0.6 is 0 Å². The minimum Gasteiger partial charge on any atom is -0.0616 e. The number of fused-ring (bicyclic) bond motifs is 4. The Morgan fingerprint density at radius 1 is 0.300 bits per heavy atom. The molecule has 0 aromatic heterocycles. The fourth-order valence-electron chi connectivity index (χ4n) is 5.82. The quantitative estimate of drug-likeness (QED) is 0.204. The maximum Gasteiger partial charge on any atom is 0.0629 e. The zero-order valence-electron chi connectivity index (χ0n) is 32.2. The summed E-state index contributed by atoms with van der Waals surface area (Å²) < 4.78 is 97.1. The van der Waals surface area contributed by atoms with Crippen LogP contribution < -0.4 is 0 Å². The van der Waals surface area contributed by atoms with Crippen LogP contribution in [0.4, 0.5) is 0 Å². The van der Waals surface area contributed by atoms with E-state index in [9.17, 15) is 2.74 Å². The molecule has 8 aromatic rings. The van der Waals surface area contributed by atoms with E-state index in [0.29, 0.717) is 16.3 Å². The lowest BCUT2D eigenvalue weighted by atomic mass is 9.82. The topological polar surface area (TPSA) is 0 Å². The molecule has 0 N–H and O–H groups in total. The summed E-state index contributed by atoms with van der Waals surface area (Å²) in [5, 5.41) is 4.47. The van der Waals surface area contributed by atoms with Crippen molar-refractivity contribution in [3.05, 3.63) is 157 Å². The predicted octanol–water partition coefficient (Wildman–Crippen LogP) is 11.3. The summed E-state index contributed by atoms with van der Waals surface area (Å²) in [5.74, 6) is 0. The van der Waals surface area contributed by atoms with Crippen LogP contribution in [0.5, 0.6) is 0 Å². The van der Waals surface area contributed by atoms with E-state index < -0.39 is 66.5 Å². The molecule has 0 fully saturated rings. The van der Waals surface area contributed by atoms with E-state index >= 15 is 0 Å². The van der Waals surface area contributed by atoms with Gasteiger partial charge in [-0.1, -0.05) is 157 Å². The van der Waals surface area contributed by atoms with Gasteiger partial charge in [0.25, 0.3) is 0 Å². The summed E-state index contributed by atoms with van der Waals surface area (Å²) in [5.41, 5.74) is 1.94. The highest BCUT2D eigenvalue weighted by Crippen LogP contribution is 2.47. The van der Waals surface area contributed by atoms with Crippen molar-refractivity contribution in [2.45, 2.75) is 0 Å². The summed E-state index contributed by atoms with van der Waals surface area (Å²) in [7, 11) is 0.